The summed E-state index contributed by atoms with van der Waals surface area (Å²) in [6.45, 7) is 2.08. The highest BCUT2D eigenvalue weighted by Crippen LogP contribution is 2.23. The van der Waals surface area contributed by atoms with Crippen LogP contribution in [-0.2, 0) is 6.42 Å². The van der Waals surface area contributed by atoms with Gasteiger partial charge in [-0.3, -0.25) is 16.3 Å². The van der Waals surface area contributed by atoms with Crippen molar-refractivity contribution in [1.82, 2.24) is 10.4 Å². The molecule has 3 nitrogen and oxygen atoms in total. The molecule has 0 aliphatic heterocycles. The fourth-order valence-corrected chi connectivity index (χ4v) is 2.16. The third-order valence-corrected chi connectivity index (χ3v) is 3.86. The van der Waals surface area contributed by atoms with E-state index in [9.17, 15) is 0 Å². The zero-order valence-electron chi connectivity index (χ0n) is 10.2. The summed E-state index contributed by atoms with van der Waals surface area (Å²) < 4.78 is 1.12. The number of pyridine rings is 1. The predicted molar refractivity (Wildman–Crippen MR) is 76.9 cm³/mol. The average Bonchev–Trinajstić information content (AvgIpc) is 2.40. The van der Waals surface area contributed by atoms with Gasteiger partial charge >= 0.3 is 0 Å². The first-order chi connectivity index (χ1) is 8.70. The first-order valence-electron chi connectivity index (χ1n) is 5.82. The summed E-state index contributed by atoms with van der Waals surface area (Å²) in [4.78, 5) is 4.02. The largest absolute Gasteiger partial charge is 0.271 e. The maximum atomic E-state index is 5.66. The quantitative estimate of drug-likeness (QED) is 0.674. The van der Waals surface area contributed by atoms with Crippen LogP contribution in [0.4, 0.5) is 0 Å². The van der Waals surface area contributed by atoms with Crippen molar-refractivity contribution < 1.29 is 0 Å². The van der Waals surface area contributed by atoms with Gasteiger partial charge < -0.3 is 0 Å². The van der Waals surface area contributed by atoms with Gasteiger partial charge in [-0.05, 0) is 48.2 Å². The maximum Gasteiger partial charge on any atom is 0.0500 e. The van der Waals surface area contributed by atoms with Crippen LogP contribution in [0.5, 0.6) is 0 Å². The van der Waals surface area contributed by atoms with E-state index in [-0.39, 0.29) is 6.04 Å². The third-order valence-electron chi connectivity index (χ3n) is 2.97. The fourth-order valence-electron chi connectivity index (χ4n) is 1.91. The molecule has 3 N–H and O–H groups in total. The number of hydrazine groups is 1. The van der Waals surface area contributed by atoms with E-state index >= 15 is 0 Å². The molecular weight excluding hydrogens is 290 g/mol. The monoisotopic (exact) mass is 305 g/mol. The summed E-state index contributed by atoms with van der Waals surface area (Å²) in [6.07, 6.45) is 4.45. The van der Waals surface area contributed by atoms with Gasteiger partial charge in [0.2, 0.25) is 0 Å². The SMILES string of the molecule is Cc1cc(C(Cc2ccncc2)NN)ccc1Br. The molecule has 1 aromatic heterocycles. The van der Waals surface area contributed by atoms with Crippen LogP contribution in [0, 0.1) is 6.92 Å². The average molecular weight is 306 g/mol. The highest BCUT2D eigenvalue weighted by Gasteiger charge is 2.11. The normalized spacial score (nSPS) is 12.4. The standard InChI is InChI=1S/C14H16BrN3/c1-10-8-12(2-3-13(10)15)14(18-16)9-11-4-6-17-7-5-11/h2-8,14,18H,9,16H2,1H3. The number of nitrogens with two attached hydrogens (primary N) is 1. The summed E-state index contributed by atoms with van der Waals surface area (Å²) in [7, 11) is 0. The second-order valence-corrected chi connectivity index (χ2v) is 5.14. The second kappa shape index (κ2) is 6.09. The zero-order chi connectivity index (χ0) is 13.0. The van der Waals surface area contributed by atoms with E-state index in [1.54, 1.807) is 12.4 Å². The highest BCUT2D eigenvalue weighted by atomic mass is 79.9. The van der Waals surface area contributed by atoms with Gasteiger partial charge in [0.05, 0.1) is 0 Å². The first kappa shape index (κ1) is 13.2. The zero-order valence-corrected chi connectivity index (χ0v) is 11.8. The van der Waals surface area contributed by atoms with Gasteiger partial charge in [0.15, 0.2) is 0 Å². The van der Waals surface area contributed by atoms with Crippen LogP contribution >= 0.6 is 15.9 Å². The molecule has 2 rings (SSSR count). The van der Waals surface area contributed by atoms with E-state index < -0.39 is 0 Å². The van der Waals surface area contributed by atoms with Crippen LogP contribution in [0.15, 0.2) is 47.2 Å². The lowest BCUT2D eigenvalue weighted by atomic mass is 9.99. The molecule has 0 aliphatic carbocycles. The Balaban J connectivity index is 2.20. The molecule has 94 valence electrons. The molecule has 0 saturated heterocycles. The molecule has 1 aromatic carbocycles. The minimum absolute atomic E-state index is 0.110. The van der Waals surface area contributed by atoms with Crippen molar-refractivity contribution in [3.63, 3.8) is 0 Å². The molecule has 1 atom stereocenters. The molecule has 2 aromatic rings. The predicted octanol–water partition coefficient (Wildman–Crippen LogP) is 2.90. The topological polar surface area (TPSA) is 50.9 Å². The van der Waals surface area contributed by atoms with E-state index in [1.807, 2.05) is 12.1 Å². The Labute approximate surface area is 116 Å². The number of hydrogen-bond acceptors (Lipinski definition) is 3. The molecule has 0 radical (unpaired) electrons. The van der Waals surface area contributed by atoms with E-state index in [2.05, 4.69) is 51.5 Å². The Morgan fingerprint density at radius 2 is 2.00 bits per heavy atom. The lowest BCUT2D eigenvalue weighted by molar-refractivity contribution is 0.551. The summed E-state index contributed by atoms with van der Waals surface area (Å²) in [5.74, 6) is 5.66. The van der Waals surface area contributed by atoms with Crippen LogP contribution in [0.25, 0.3) is 0 Å². The summed E-state index contributed by atoms with van der Waals surface area (Å²) in [5, 5.41) is 0. The molecule has 0 bridgehead atoms. The number of nitrogens with zero attached hydrogens (tertiary/aromatic N) is 1. The Morgan fingerprint density at radius 1 is 1.28 bits per heavy atom. The molecule has 0 saturated carbocycles. The Hall–Kier alpha value is -1.23. The number of aryl methyl sites for hydroxylation is 1. The van der Waals surface area contributed by atoms with Crippen molar-refractivity contribution in [2.24, 2.45) is 5.84 Å². The lowest BCUT2D eigenvalue weighted by Gasteiger charge is -2.17. The number of benzene rings is 1. The second-order valence-electron chi connectivity index (χ2n) is 4.29. The van der Waals surface area contributed by atoms with E-state index in [0.29, 0.717) is 0 Å². The number of aromatic nitrogens is 1. The Bertz CT molecular complexity index is 514. The third kappa shape index (κ3) is 3.16. The molecule has 4 heteroatoms. The molecule has 0 fully saturated rings. The summed E-state index contributed by atoms with van der Waals surface area (Å²) in [6, 6.07) is 10.4. The molecule has 18 heavy (non-hydrogen) atoms. The molecule has 1 heterocycles. The van der Waals surface area contributed by atoms with Gasteiger partial charge in [0, 0.05) is 22.9 Å². The molecule has 0 spiro atoms. The van der Waals surface area contributed by atoms with Gasteiger partial charge in [0.25, 0.3) is 0 Å². The van der Waals surface area contributed by atoms with E-state index in [4.69, 9.17) is 5.84 Å². The summed E-state index contributed by atoms with van der Waals surface area (Å²) in [5.41, 5.74) is 6.49. The van der Waals surface area contributed by atoms with Crippen molar-refractivity contribution in [3.8, 4) is 0 Å². The van der Waals surface area contributed by atoms with Crippen LogP contribution in [0.2, 0.25) is 0 Å². The van der Waals surface area contributed by atoms with E-state index in [1.165, 1.54) is 16.7 Å². The van der Waals surface area contributed by atoms with Crippen molar-refractivity contribution >= 4 is 15.9 Å². The van der Waals surface area contributed by atoms with Crippen LogP contribution < -0.4 is 11.3 Å². The number of hydrogen-bond donors (Lipinski definition) is 2. The molecular formula is C14H16BrN3. The smallest absolute Gasteiger partial charge is 0.0500 e. The van der Waals surface area contributed by atoms with Gasteiger partial charge in [-0.2, -0.15) is 0 Å². The van der Waals surface area contributed by atoms with Crippen molar-refractivity contribution in [3.05, 3.63) is 63.9 Å². The highest BCUT2D eigenvalue weighted by molar-refractivity contribution is 9.10. The minimum Gasteiger partial charge on any atom is -0.271 e. The van der Waals surface area contributed by atoms with Gasteiger partial charge in [-0.25, -0.2) is 0 Å². The van der Waals surface area contributed by atoms with Gasteiger partial charge in [0.1, 0.15) is 0 Å². The van der Waals surface area contributed by atoms with Crippen LogP contribution in [-0.4, -0.2) is 4.98 Å². The fraction of sp³-hybridized carbons (Fsp3) is 0.214. The minimum atomic E-state index is 0.110. The molecule has 0 aliphatic rings. The first-order valence-corrected chi connectivity index (χ1v) is 6.61. The summed E-state index contributed by atoms with van der Waals surface area (Å²) >= 11 is 3.51. The maximum absolute atomic E-state index is 5.66. The molecule has 1 unspecified atom stereocenters. The Kier molecular flexibility index (Phi) is 4.47. The number of rotatable bonds is 4. The Morgan fingerprint density at radius 3 is 2.61 bits per heavy atom. The number of halogens is 1. The van der Waals surface area contributed by atoms with Gasteiger partial charge in [-0.1, -0.05) is 28.1 Å². The van der Waals surface area contributed by atoms with Crippen molar-refractivity contribution in [1.29, 1.82) is 0 Å². The van der Waals surface area contributed by atoms with Gasteiger partial charge in [-0.15, -0.1) is 0 Å². The number of nitrogens with one attached hydrogen (secondary N) is 1. The van der Waals surface area contributed by atoms with E-state index in [0.717, 1.165) is 10.9 Å². The van der Waals surface area contributed by atoms with Crippen molar-refractivity contribution in [2.45, 2.75) is 19.4 Å². The van der Waals surface area contributed by atoms with Crippen molar-refractivity contribution in [2.75, 3.05) is 0 Å². The van der Waals surface area contributed by atoms with Crippen LogP contribution in [0.1, 0.15) is 22.7 Å². The molecule has 0 amide bonds. The van der Waals surface area contributed by atoms with Crippen LogP contribution in [0.3, 0.4) is 0 Å². The lowest BCUT2D eigenvalue weighted by Crippen LogP contribution is -2.29.